The molecule has 2 saturated heterocycles. The van der Waals surface area contributed by atoms with Crippen LogP contribution in [-0.4, -0.2) is 26.2 Å². The van der Waals surface area contributed by atoms with Gasteiger partial charge in [0.1, 0.15) is 0 Å². The van der Waals surface area contributed by atoms with E-state index in [-0.39, 0.29) is 0 Å². The Morgan fingerprint density at radius 3 is 2.73 bits per heavy atom. The van der Waals surface area contributed by atoms with E-state index in [1.807, 2.05) is 0 Å². The maximum atomic E-state index is 3.50. The minimum absolute atomic E-state index is 0.579. The van der Waals surface area contributed by atoms with Gasteiger partial charge in [-0.25, -0.2) is 0 Å². The molecule has 2 heterocycles. The van der Waals surface area contributed by atoms with Crippen LogP contribution in [0.25, 0.3) is 0 Å². The van der Waals surface area contributed by atoms with Gasteiger partial charge in [0, 0.05) is 30.7 Å². The molecule has 0 amide bonds. The first-order valence-corrected chi connectivity index (χ1v) is 5.89. The van der Waals surface area contributed by atoms with Crippen LogP contribution in [0.2, 0.25) is 0 Å². The lowest BCUT2D eigenvalue weighted by Crippen LogP contribution is -2.28. The third kappa shape index (κ3) is 1.63. The predicted octanol–water partition coefficient (Wildman–Crippen LogP) is 1.88. The summed E-state index contributed by atoms with van der Waals surface area (Å²) in [7, 11) is 0. The van der Waals surface area contributed by atoms with Gasteiger partial charge in [-0.15, -0.1) is 0 Å². The fourth-order valence-electron chi connectivity index (χ4n) is 2.94. The monoisotopic (exact) mass is 202 g/mol. The van der Waals surface area contributed by atoms with Crippen molar-refractivity contribution in [3.05, 3.63) is 30.3 Å². The zero-order valence-electron chi connectivity index (χ0n) is 9.08. The van der Waals surface area contributed by atoms with E-state index in [1.54, 1.807) is 0 Å². The van der Waals surface area contributed by atoms with Crippen molar-refractivity contribution < 1.29 is 0 Å². The Labute approximate surface area is 91.3 Å². The van der Waals surface area contributed by atoms with Gasteiger partial charge in [0.2, 0.25) is 0 Å². The van der Waals surface area contributed by atoms with Gasteiger partial charge in [0.25, 0.3) is 0 Å². The first-order chi connectivity index (χ1) is 7.38. The molecule has 15 heavy (non-hydrogen) atoms. The Bertz CT molecular complexity index is 328. The highest BCUT2D eigenvalue weighted by atomic mass is 15.2. The Morgan fingerprint density at radius 2 is 2.00 bits per heavy atom. The maximum Gasteiger partial charge on any atom is 0.0366 e. The summed E-state index contributed by atoms with van der Waals surface area (Å²) in [5, 5.41) is 3.50. The fraction of sp³-hybridized carbons (Fsp3) is 0.538. The molecule has 0 radical (unpaired) electrons. The molecule has 0 unspecified atom stereocenters. The molecule has 0 aromatic heterocycles. The minimum Gasteiger partial charge on any atom is -0.371 e. The van der Waals surface area contributed by atoms with E-state index in [0.29, 0.717) is 5.41 Å². The van der Waals surface area contributed by atoms with E-state index in [4.69, 9.17) is 0 Å². The lowest BCUT2D eigenvalue weighted by Gasteiger charge is -2.23. The molecule has 1 spiro atoms. The SMILES string of the molecule is c1ccc(N2CC[C@@]3(CCNC3)C2)cc1. The van der Waals surface area contributed by atoms with E-state index < -0.39 is 0 Å². The van der Waals surface area contributed by atoms with Gasteiger partial charge < -0.3 is 10.2 Å². The second-order valence-electron chi connectivity index (χ2n) is 4.93. The Hall–Kier alpha value is -1.02. The molecule has 1 N–H and O–H groups in total. The molecular weight excluding hydrogens is 184 g/mol. The molecule has 0 bridgehead atoms. The van der Waals surface area contributed by atoms with E-state index in [9.17, 15) is 0 Å². The summed E-state index contributed by atoms with van der Waals surface area (Å²) >= 11 is 0. The zero-order chi connectivity index (χ0) is 10.1. The van der Waals surface area contributed by atoms with Gasteiger partial charge in [0.15, 0.2) is 0 Å². The van der Waals surface area contributed by atoms with Crippen molar-refractivity contribution in [1.29, 1.82) is 0 Å². The van der Waals surface area contributed by atoms with Crippen molar-refractivity contribution in [2.45, 2.75) is 12.8 Å². The number of nitrogens with one attached hydrogen (secondary N) is 1. The van der Waals surface area contributed by atoms with Crippen LogP contribution in [0.5, 0.6) is 0 Å². The van der Waals surface area contributed by atoms with Gasteiger partial charge in [0.05, 0.1) is 0 Å². The third-order valence-corrected chi connectivity index (χ3v) is 3.89. The standard InChI is InChI=1S/C13H18N2/c1-2-4-12(5-3-1)15-9-7-13(11-15)6-8-14-10-13/h1-5,14H,6-11H2/t13-/m1/s1. The Kier molecular flexibility index (Phi) is 2.17. The number of anilines is 1. The van der Waals surface area contributed by atoms with Gasteiger partial charge >= 0.3 is 0 Å². The molecule has 80 valence electrons. The van der Waals surface area contributed by atoms with Crippen LogP contribution < -0.4 is 10.2 Å². The lowest BCUT2D eigenvalue weighted by molar-refractivity contribution is 0.369. The van der Waals surface area contributed by atoms with Crippen LogP contribution in [0.4, 0.5) is 5.69 Å². The van der Waals surface area contributed by atoms with Gasteiger partial charge in [-0.2, -0.15) is 0 Å². The number of benzene rings is 1. The summed E-state index contributed by atoms with van der Waals surface area (Å²) < 4.78 is 0. The van der Waals surface area contributed by atoms with Crippen molar-refractivity contribution >= 4 is 5.69 Å². The zero-order valence-corrected chi connectivity index (χ0v) is 9.08. The number of para-hydroxylation sites is 1. The van der Waals surface area contributed by atoms with Crippen LogP contribution in [0.15, 0.2) is 30.3 Å². The molecular formula is C13H18N2. The lowest BCUT2D eigenvalue weighted by atomic mass is 9.86. The topological polar surface area (TPSA) is 15.3 Å². The van der Waals surface area contributed by atoms with Crippen LogP contribution in [0, 0.1) is 5.41 Å². The highest BCUT2D eigenvalue weighted by Crippen LogP contribution is 2.37. The predicted molar refractivity (Wildman–Crippen MR) is 63.2 cm³/mol. The minimum atomic E-state index is 0.579. The van der Waals surface area contributed by atoms with Gasteiger partial charge in [-0.3, -0.25) is 0 Å². The summed E-state index contributed by atoms with van der Waals surface area (Å²) in [6.45, 7) is 4.90. The van der Waals surface area contributed by atoms with Crippen LogP contribution in [0.3, 0.4) is 0 Å². The summed E-state index contributed by atoms with van der Waals surface area (Å²) in [5.74, 6) is 0. The number of rotatable bonds is 1. The first-order valence-electron chi connectivity index (χ1n) is 5.89. The smallest absolute Gasteiger partial charge is 0.0366 e. The van der Waals surface area contributed by atoms with Crippen LogP contribution in [-0.2, 0) is 0 Å². The normalized spacial score (nSPS) is 30.3. The fourth-order valence-corrected chi connectivity index (χ4v) is 2.94. The molecule has 2 aliphatic rings. The van der Waals surface area contributed by atoms with Gasteiger partial charge in [-0.05, 0) is 31.5 Å². The van der Waals surface area contributed by atoms with Crippen molar-refractivity contribution in [2.75, 3.05) is 31.1 Å². The molecule has 1 aromatic rings. The van der Waals surface area contributed by atoms with Crippen molar-refractivity contribution in [3.8, 4) is 0 Å². The van der Waals surface area contributed by atoms with E-state index >= 15 is 0 Å². The van der Waals surface area contributed by atoms with Crippen molar-refractivity contribution in [2.24, 2.45) is 5.41 Å². The average molecular weight is 202 g/mol. The Morgan fingerprint density at radius 1 is 1.13 bits per heavy atom. The second kappa shape index (κ2) is 3.53. The average Bonchev–Trinajstić information content (AvgIpc) is 2.91. The van der Waals surface area contributed by atoms with Crippen LogP contribution in [0.1, 0.15) is 12.8 Å². The number of hydrogen-bond acceptors (Lipinski definition) is 2. The second-order valence-corrected chi connectivity index (χ2v) is 4.93. The molecule has 1 aromatic carbocycles. The highest BCUT2D eigenvalue weighted by molar-refractivity contribution is 5.47. The molecule has 3 rings (SSSR count). The third-order valence-electron chi connectivity index (χ3n) is 3.89. The quantitative estimate of drug-likeness (QED) is 0.748. The molecule has 2 fully saturated rings. The van der Waals surface area contributed by atoms with Crippen LogP contribution >= 0.6 is 0 Å². The number of nitrogens with zero attached hydrogens (tertiary/aromatic N) is 1. The summed E-state index contributed by atoms with van der Waals surface area (Å²) in [5.41, 5.74) is 1.97. The number of hydrogen-bond donors (Lipinski definition) is 1. The van der Waals surface area contributed by atoms with Crippen molar-refractivity contribution in [3.63, 3.8) is 0 Å². The molecule has 2 aliphatic heterocycles. The maximum absolute atomic E-state index is 3.50. The van der Waals surface area contributed by atoms with E-state index in [2.05, 4.69) is 40.5 Å². The molecule has 1 atom stereocenters. The van der Waals surface area contributed by atoms with E-state index in [1.165, 1.54) is 44.7 Å². The molecule has 2 nitrogen and oxygen atoms in total. The Balaban J connectivity index is 1.76. The van der Waals surface area contributed by atoms with Gasteiger partial charge in [-0.1, -0.05) is 18.2 Å². The first kappa shape index (κ1) is 9.22. The highest BCUT2D eigenvalue weighted by Gasteiger charge is 2.40. The van der Waals surface area contributed by atoms with Crippen molar-refractivity contribution in [1.82, 2.24) is 5.32 Å². The van der Waals surface area contributed by atoms with E-state index in [0.717, 1.165) is 0 Å². The molecule has 2 heteroatoms. The summed E-state index contributed by atoms with van der Waals surface area (Å²) in [4.78, 5) is 2.53. The molecule has 0 aliphatic carbocycles. The summed E-state index contributed by atoms with van der Waals surface area (Å²) in [6.07, 6.45) is 2.71. The largest absolute Gasteiger partial charge is 0.371 e. The molecule has 0 saturated carbocycles. The summed E-state index contributed by atoms with van der Waals surface area (Å²) in [6, 6.07) is 10.8.